The fourth-order valence-corrected chi connectivity index (χ4v) is 3.42. The topological polar surface area (TPSA) is 41.6 Å². The van der Waals surface area contributed by atoms with Gasteiger partial charge in [0.1, 0.15) is 0 Å². The predicted molar refractivity (Wildman–Crippen MR) is 92.3 cm³/mol. The second-order valence-electron chi connectivity index (χ2n) is 5.86. The highest BCUT2D eigenvalue weighted by Crippen LogP contribution is 2.36. The summed E-state index contributed by atoms with van der Waals surface area (Å²) in [4.78, 5) is 13.8. The second kappa shape index (κ2) is 5.87. The van der Waals surface area contributed by atoms with E-state index in [1.54, 1.807) is 0 Å². The summed E-state index contributed by atoms with van der Waals surface area (Å²) in [6.45, 7) is 3.40. The molecule has 0 atom stereocenters. The third-order valence-corrected chi connectivity index (χ3v) is 4.69. The number of nitrogens with zero attached hydrogens (tertiary/aromatic N) is 1. The van der Waals surface area contributed by atoms with E-state index in [1.165, 1.54) is 5.69 Å². The lowest BCUT2D eigenvalue weighted by molar-refractivity contribution is -0.115. The van der Waals surface area contributed by atoms with Crippen LogP contribution < -0.4 is 10.2 Å². The molecule has 1 saturated heterocycles. The summed E-state index contributed by atoms with van der Waals surface area (Å²) in [6, 6.07) is 12.3. The van der Waals surface area contributed by atoms with Gasteiger partial charge in [-0.25, -0.2) is 0 Å². The summed E-state index contributed by atoms with van der Waals surface area (Å²) in [6.07, 6.45) is 0.422. The molecular weight excluding hydrogens is 312 g/mol. The van der Waals surface area contributed by atoms with Crippen LogP contribution in [0.2, 0.25) is 5.02 Å². The Morgan fingerprint density at radius 1 is 1.09 bits per heavy atom. The van der Waals surface area contributed by atoms with Crippen molar-refractivity contribution in [1.29, 1.82) is 0 Å². The number of rotatable bonds is 2. The lowest BCUT2D eigenvalue weighted by Crippen LogP contribution is -2.36. The summed E-state index contributed by atoms with van der Waals surface area (Å²) in [5.74, 6) is 0.0240. The number of fused-ring (bicyclic) bond motifs is 1. The van der Waals surface area contributed by atoms with Crippen molar-refractivity contribution in [3.05, 3.63) is 47.0 Å². The Hall–Kier alpha value is -2.04. The van der Waals surface area contributed by atoms with Crippen LogP contribution in [-0.4, -0.2) is 32.2 Å². The van der Waals surface area contributed by atoms with Crippen molar-refractivity contribution < 1.29 is 9.53 Å². The highest BCUT2D eigenvalue weighted by atomic mass is 35.5. The zero-order chi connectivity index (χ0) is 15.8. The molecule has 1 fully saturated rings. The summed E-state index contributed by atoms with van der Waals surface area (Å²) in [5.41, 5.74) is 5.07. The largest absolute Gasteiger partial charge is 0.378 e. The number of carbonyl (C=O) groups is 1. The zero-order valence-corrected chi connectivity index (χ0v) is 13.4. The lowest BCUT2D eigenvalue weighted by Gasteiger charge is -2.29. The number of ether oxygens (including phenoxy) is 1. The molecule has 23 heavy (non-hydrogen) atoms. The second-order valence-corrected chi connectivity index (χ2v) is 6.27. The summed E-state index contributed by atoms with van der Waals surface area (Å²) >= 11 is 6.40. The standard InChI is InChI=1S/C18H17ClN2O2/c19-16-11-17-13(10-18(22)20-17)9-15(16)12-1-3-14(4-2-12)21-5-7-23-8-6-21/h1-4,9,11H,5-8,10H2,(H,20,22). The van der Waals surface area contributed by atoms with E-state index >= 15 is 0 Å². The Bertz CT molecular complexity index is 752. The van der Waals surface area contributed by atoms with E-state index in [1.807, 2.05) is 12.1 Å². The van der Waals surface area contributed by atoms with Gasteiger partial charge >= 0.3 is 0 Å². The van der Waals surface area contributed by atoms with Crippen LogP contribution >= 0.6 is 11.6 Å². The molecular formula is C18H17ClN2O2. The molecule has 0 spiro atoms. The molecule has 0 unspecified atom stereocenters. The minimum absolute atomic E-state index is 0.0240. The van der Waals surface area contributed by atoms with Crippen LogP contribution in [0.3, 0.4) is 0 Å². The van der Waals surface area contributed by atoms with E-state index < -0.39 is 0 Å². The number of anilines is 2. The third-order valence-electron chi connectivity index (χ3n) is 4.37. The molecule has 1 amide bonds. The van der Waals surface area contributed by atoms with Gasteiger partial charge in [-0.1, -0.05) is 23.7 Å². The fourth-order valence-electron chi connectivity index (χ4n) is 3.14. The van der Waals surface area contributed by atoms with Crippen LogP contribution in [0.25, 0.3) is 11.1 Å². The molecule has 1 N–H and O–H groups in total. The molecule has 2 aliphatic rings. The van der Waals surface area contributed by atoms with Crippen LogP contribution in [0.15, 0.2) is 36.4 Å². The maximum atomic E-state index is 11.5. The number of halogens is 1. The van der Waals surface area contributed by atoms with Gasteiger partial charge in [0.25, 0.3) is 0 Å². The molecule has 4 rings (SSSR count). The molecule has 0 aliphatic carbocycles. The number of carbonyl (C=O) groups excluding carboxylic acids is 1. The Morgan fingerprint density at radius 3 is 2.57 bits per heavy atom. The predicted octanol–water partition coefficient (Wildman–Crippen LogP) is 3.34. The molecule has 0 saturated carbocycles. The summed E-state index contributed by atoms with van der Waals surface area (Å²) in [7, 11) is 0. The monoisotopic (exact) mass is 328 g/mol. The van der Waals surface area contributed by atoms with Crippen molar-refractivity contribution in [1.82, 2.24) is 0 Å². The van der Waals surface area contributed by atoms with Crippen LogP contribution in [0.4, 0.5) is 11.4 Å². The Kier molecular flexibility index (Phi) is 3.71. The third kappa shape index (κ3) is 2.80. The van der Waals surface area contributed by atoms with Crippen molar-refractivity contribution in [3.8, 4) is 11.1 Å². The summed E-state index contributed by atoms with van der Waals surface area (Å²) < 4.78 is 5.39. The molecule has 0 radical (unpaired) electrons. The Labute approximate surface area is 140 Å². The van der Waals surface area contributed by atoms with Gasteiger partial charge in [0, 0.05) is 30.0 Å². The van der Waals surface area contributed by atoms with E-state index in [-0.39, 0.29) is 5.91 Å². The molecule has 4 nitrogen and oxygen atoms in total. The van der Waals surface area contributed by atoms with Gasteiger partial charge in [-0.05, 0) is 35.4 Å². The van der Waals surface area contributed by atoms with Crippen molar-refractivity contribution in [2.24, 2.45) is 0 Å². The summed E-state index contributed by atoms with van der Waals surface area (Å²) in [5, 5.41) is 3.48. The van der Waals surface area contributed by atoms with Crippen molar-refractivity contribution in [2.45, 2.75) is 6.42 Å². The average molecular weight is 329 g/mol. The van der Waals surface area contributed by atoms with Gasteiger partial charge in [-0.15, -0.1) is 0 Å². The van der Waals surface area contributed by atoms with E-state index in [2.05, 4.69) is 34.5 Å². The van der Waals surface area contributed by atoms with Gasteiger partial charge in [0.15, 0.2) is 0 Å². The first kappa shape index (κ1) is 14.5. The van der Waals surface area contributed by atoms with Crippen molar-refractivity contribution in [2.75, 3.05) is 36.5 Å². The smallest absolute Gasteiger partial charge is 0.228 e. The van der Waals surface area contributed by atoms with E-state index in [0.717, 1.165) is 48.7 Å². The van der Waals surface area contributed by atoms with Gasteiger partial charge in [0.2, 0.25) is 5.91 Å². The highest BCUT2D eigenvalue weighted by molar-refractivity contribution is 6.34. The molecule has 2 heterocycles. The van der Waals surface area contributed by atoms with Crippen LogP contribution in [0.1, 0.15) is 5.56 Å². The molecule has 2 aromatic rings. The van der Waals surface area contributed by atoms with Gasteiger partial charge in [-0.2, -0.15) is 0 Å². The maximum absolute atomic E-state index is 11.5. The van der Waals surface area contributed by atoms with E-state index in [9.17, 15) is 4.79 Å². The Morgan fingerprint density at radius 2 is 1.83 bits per heavy atom. The van der Waals surface area contributed by atoms with E-state index in [4.69, 9.17) is 16.3 Å². The van der Waals surface area contributed by atoms with Gasteiger partial charge in [-0.3, -0.25) is 4.79 Å². The first-order chi connectivity index (χ1) is 11.2. The van der Waals surface area contributed by atoms with Crippen molar-refractivity contribution >= 4 is 28.9 Å². The van der Waals surface area contributed by atoms with Crippen LogP contribution in [0.5, 0.6) is 0 Å². The molecule has 5 heteroatoms. The SMILES string of the molecule is O=C1Cc2cc(-c3ccc(N4CCOCC4)cc3)c(Cl)cc2N1. The number of hydrogen-bond donors (Lipinski definition) is 1. The van der Waals surface area contributed by atoms with Crippen LogP contribution in [0, 0.1) is 0 Å². The fraction of sp³-hybridized carbons (Fsp3) is 0.278. The molecule has 2 aromatic carbocycles. The highest BCUT2D eigenvalue weighted by Gasteiger charge is 2.20. The van der Waals surface area contributed by atoms with Crippen molar-refractivity contribution in [3.63, 3.8) is 0 Å². The number of morpholine rings is 1. The average Bonchev–Trinajstić information content (AvgIpc) is 2.94. The minimum atomic E-state index is 0.0240. The van der Waals surface area contributed by atoms with Gasteiger partial charge < -0.3 is 15.0 Å². The van der Waals surface area contributed by atoms with Crippen LogP contribution in [-0.2, 0) is 16.0 Å². The quantitative estimate of drug-likeness (QED) is 0.919. The molecule has 2 aliphatic heterocycles. The number of amides is 1. The first-order valence-corrected chi connectivity index (χ1v) is 8.14. The molecule has 0 bridgehead atoms. The number of hydrogen-bond acceptors (Lipinski definition) is 3. The normalized spacial score (nSPS) is 17.1. The lowest BCUT2D eigenvalue weighted by atomic mass is 10.0. The first-order valence-electron chi connectivity index (χ1n) is 7.76. The molecule has 118 valence electrons. The van der Waals surface area contributed by atoms with E-state index in [0.29, 0.717) is 11.4 Å². The Balaban J connectivity index is 1.63. The maximum Gasteiger partial charge on any atom is 0.228 e. The number of nitrogens with one attached hydrogen (secondary N) is 1. The molecule has 0 aromatic heterocycles. The van der Waals surface area contributed by atoms with Gasteiger partial charge in [0.05, 0.1) is 24.7 Å². The zero-order valence-electron chi connectivity index (χ0n) is 12.6. The number of benzene rings is 2. The minimum Gasteiger partial charge on any atom is -0.378 e.